The van der Waals surface area contributed by atoms with E-state index in [4.69, 9.17) is 0 Å². The van der Waals surface area contributed by atoms with E-state index < -0.39 is 0 Å². The van der Waals surface area contributed by atoms with Crippen molar-refractivity contribution in [2.45, 2.75) is 26.2 Å². The molecule has 0 unspecified atom stereocenters. The van der Waals surface area contributed by atoms with Gasteiger partial charge in [0.25, 0.3) is 0 Å². The summed E-state index contributed by atoms with van der Waals surface area (Å²) in [5, 5.41) is 2.48. The Balaban J connectivity index is 1.19. The number of hydrogen-bond donors (Lipinski definition) is 0. The summed E-state index contributed by atoms with van der Waals surface area (Å²) in [5.74, 6) is 0. The molecule has 7 aromatic rings. The molecule has 0 fully saturated rings. The zero-order chi connectivity index (χ0) is 30.5. The molecule has 0 spiro atoms. The summed E-state index contributed by atoms with van der Waals surface area (Å²) < 4.78 is 0. The SMILES string of the molecule is Cc1ccc2cc(N(c3ccc(-c4cccnc4)cc3)c3ccc(-c4ccc5c(c4)-c4ccccc4C5(C)C)cc3)ccc2c1. The molecule has 1 aromatic heterocycles. The third-order valence-electron chi connectivity index (χ3n) is 9.40. The average molecular weight is 579 g/mol. The summed E-state index contributed by atoms with van der Waals surface area (Å²) in [6, 6.07) is 51.1. The van der Waals surface area contributed by atoms with Gasteiger partial charge in [-0.25, -0.2) is 0 Å². The minimum atomic E-state index is 0.0138. The standard InChI is InChI=1S/C43H34N2/c1-29-10-11-33-26-38(22-16-32(33)25-29)45(37-20-14-31(15-21-37)35-7-6-24-44-28-35)36-18-12-30(13-19-36)34-17-23-42-40(27-34)39-8-4-5-9-41(39)43(42,2)3/h4-28H,1-3H3. The van der Waals surface area contributed by atoms with Gasteiger partial charge in [-0.05, 0) is 111 Å². The van der Waals surface area contributed by atoms with Gasteiger partial charge in [0, 0.05) is 34.9 Å². The molecule has 45 heavy (non-hydrogen) atoms. The van der Waals surface area contributed by atoms with E-state index >= 15 is 0 Å². The van der Waals surface area contributed by atoms with Crippen LogP contribution in [-0.4, -0.2) is 4.98 Å². The normalized spacial score (nSPS) is 13.0. The van der Waals surface area contributed by atoms with Crippen molar-refractivity contribution in [3.05, 3.63) is 169 Å². The summed E-state index contributed by atoms with van der Waals surface area (Å²) in [6.07, 6.45) is 3.72. The molecule has 0 bridgehead atoms. The highest BCUT2D eigenvalue weighted by Gasteiger charge is 2.35. The molecule has 1 heterocycles. The fraction of sp³-hybridized carbons (Fsp3) is 0.0930. The van der Waals surface area contributed by atoms with Crippen molar-refractivity contribution >= 4 is 27.8 Å². The fourth-order valence-corrected chi connectivity index (χ4v) is 6.98. The van der Waals surface area contributed by atoms with Crippen LogP contribution in [0.25, 0.3) is 44.2 Å². The zero-order valence-electron chi connectivity index (χ0n) is 25.8. The summed E-state index contributed by atoms with van der Waals surface area (Å²) >= 11 is 0. The van der Waals surface area contributed by atoms with Crippen molar-refractivity contribution in [3.63, 3.8) is 0 Å². The molecule has 1 aliphatic carbocycles. The average Bonchev–Trinajstić information content (AvgIpc) is 3.32. The zero-order valence-corrected chi connectivity index (χ0v) is 25.8. The summed E-state index contributed by atoms with van der Waals surface area (Å²) in [6.45, 7) is 6.81. The van der Waals surface area contributed by atoms with Gasteiger partial charge >= 0.3 is 0 Å². The monoisotopic (exact) mass is 578 g/mol. The van der Waals surface area contributed by atoms with Crippen molar-refractivity contribution in [3.8, 4) is 33.4 Å². The van der Waals surface area contributed by atoms with E-state index in [1.165, 1.54) is 49.7 Å². The van der Waals surface area contributed by atoms with Gasteiger partial charge in [0.05, 0.1) is 0 Å². The number of hydrogen-bond acceptors (Lipinski definition) is 2. The molecule has 0 radical (unpaired) electrons. The van der Waals surface area contributed by atoms with Gasteiger partial charge in [0.1, 0.15) is 0 Å². The predicted molar refractivity (Wildman–Crippen MR) is 190 cm³/mol. The van der Waals surface area contributed by atoms with E-state index in [0.29, 0.717) is 0 Å². The third-order valence-corrected chi connectivity index (χ3v) is 9.40. The Labute approximate surface area is 265 Å². The molecule has 0 saturated carbocycles. The van der Waals surface area contributed by atoms with E-state index in [2.05, 4.69) is 164 Å². The van der Waals surface area contributed by atoms with E-state index in [0.717, 1.165) is 28.2 Å². The first-order valence-electron chi connectivity index (χ1n) is 15.6. The van der Waals surface area contributed by atoms with Gasteiger partial charge < -0.3 is 4.90 Å². The van der Waals surface area contributed by atoms with Crippen LogP contribution in [-0.2, 0) is 5.41 Å². The molecular weight excluding hydrogens is 544 g/mol. The first-order valence-corrected chi connectivity index (χ1v) is 15.6. The van der Waals surface area contributed by atoms with Gasteiger partial charge in [-0.15, -0.1) is 0 Å². The molecule has 0 N–H and O–H groups in total. The number of aromatic nitrogens is 1. The largest absolute Gasteiger partial charge is 0.310 e. The fourth-order valence-electron chi connectivity index (χ4n) is 6.98. The highest BCUT2D eigenvalue weighted by atomic mass is 15.1. The van der Waals surface area contributed by atoms with Gasteiger partial charge in [0.2, 0.25) is 0 Å². The molecule has 0 saturated heterocycles. The maximum absolute atomic E-state index is 4.31. The summed E-state index contributed by atoms with van der Waals surface area (Å²) in [7, 11) is 0. The number of rotatable bonds is 5. The summed E-state index contributed by atoms with van der Waals surface area (Å²) in [5.41, 5.74) is 14.9. The van der Waals surface area contributed by atoms with Gasteiger partial charge in [-0.1, -0.05) is 110 Å². The van der Waals surface area contributed by atoms with E-state index in [1.807, 2.05) is 18.5 Å². The second-order valence-electron chi connectivity index (χ2n) is 12.6. The minimum absolute atomic E-state index is 0.0138. The second-order valence-corrected chi connectivity index (χ2v) is 12.6. The van der Waals surface area contributed by atoms with Crippen LogP contribution in [0.2, 0.25) is 0 Å². The quantitative estimate of drug-likeness (QED) is 0.202. The van der Waals surface area contributed by atoms with Gasteiger partial charge in [-0.2, -0.15) is 0 Å². The number of fused-ring (bicyclic) bond motifs is 4. The van der Waals surface area contributed by atoms with Crippen LogP contribution in [0.3, 0.4) is 0 Å². The van der Waals surface area contributed by atoms with Crippen molar-refractivity contribution in [2.24, 2.45) is 0 Å². The lowest BCUT2D eigenvalue weighted by atomic mass is 9.82. The molecule has 2 nitrogen and oxygen atoms in total. The number of anilines is 3. The molecular formula is C43H34N2. The number of pyridine rings is 1. The minimum Gasteiger partial charge on any atom is -0.310 e. The lowest BCUT2D eigenvalue weighted by Crippen LogP contribution is -2.14. The van der Waals surface area contributed by atoms with E-state index in [-0.39, 0.29) is 5.41 Å². The second kappa shape index (κ2) is 10.6. The Morgan fingerprint density at radius 3 is 1.84 bits per heavy atom. The molecule has 2 heteroatoms. The molecule has 0 amide bonds. The van der Waals surface area contributed by atoms with Crippen LogP contribution in [0, 0.1) is 6.92 Å². The first kappa shape index (κ1) is 27.1. The van der Waals surface area contributed by atoms with Crippen LogP contribution < -0.4 is 4.90 Å². The number of aryl methyl sites for hydroxylation is 1. The lowest BCUT2D eigenvalue weighted by Gasteiger charge is -2.26. The van der Waals surface area contributed by atoms with Gasteiger partial charge in [-0.3, -0.25) is 4.98 Å². The number of nitrogens with zero attached hydrogens (tertiary/aromatic N) is 2. The highest BCUT2D eigenvalue weighted by molar-refractivity contribution is 5.90. The van der Waals surface area contributed by atoms with Gasteiger partial charge in [0.15, 0.2) is 0 Å². The van der Waals surface area contributed by atoms with Crippen molar-refractivity contribution in [2.75, 3.05) is 4.90 Å². The molecule has 216 valence electrons. The molecule has 0 atom stereocenters. The predicted octanol–water partition coefficient (Wildman–Crippen LogP) is 11.7. The third kappa shape index (κ3) is 4.71. The van der Waals surface area contributed by atoms with Crippen LogP contribution in [0.1, 0.15) is 30.5 Å². The topological polar surface area (TPSA) is 16.1 Å². The maximum atomic E-state index is 4.31. The molecule has 8 rings (SSSR count). The molecule has 0 aliphatic heterocycles. The highest BCUT2D eigenvalue weighted by Crippen LogP contribution is 2.49. The Morgan fingerprint density at radius 2 is 1.11 bits per heavy atom. The van der Waals surface area contributed by atoms with Crippen molar-refractivity contribution < 1.29 is 0 Å². The van der Waals surface area contributed by atoms with Crippen molar-refractivity contribution in [1.29, 1.82) is 0 Å². The van der Waals surface area contributed by atoms with Crippen LogP contribution in [0.5, 0.6) is 0 Å². The lowest BCUT2D eigenvalue weighted by molar-refractivity contribution is 0.660. The maximum Gasteiger partial charge on any atom is 0.0468 e. The smallest absolute Gasteiger partial charge is 0.0468 e. The number of benzene rings is 6. The Hall–Kier alpha value is -5.47. The first-order chi connectivity index (χ1) is 22.0. The molecule has 1 aliphatic rings. The van der Waals surface area contributed by atoms with Crippen LogP contribution in [0.4, 0.5) is 17.1 Å². The van der Waals surface area contributed by atoms with E-state index in [1.54, 1.807) is 0 Å². The van der Waals surface area contributed by atoms with Crippen LogP contribution in [0.15, 0.2) is 152 Å². The Bertz CT molecular complexity index is 2180. The van der Waals surface area contributed by atoms with Crippen LogP contribution >= 0.6 is 0 Å². The van der Waals surface area contributed by atoms with Crippen molar-refractivity contribution in [1.82, 2.24) is 4.98 Å². The Morgan fingerprint density at radius 1 is 0.489 bits per heavy atom. The van der Waals surface area contributed by atoms with E-state index in [9.17, 15) is 0 Å². The Kier molecular flexibility index (Phi) is 6.39. The molecule has 6 aromatic carbocycles. The summed E-state index contributed by atoms with van der Waals surface area (Å²) in [4.78, 5) is 6.65.